The second-order valence-electron chi connectivity index (χ2n) is 5.28. The van der Waals surface area contributed by atoms with E-state index in [9.17, 15) is 4.79 Å². The van der Waals surface area contributed by atoms with Gasteiger partial charge in [0.05, 0.1) is 27.5 Å². The van der Waals surface area contributed by atoms with Crippen LogP contribution >= 0.6 is 0 Å². The maximum Gasteiger partial charge on any atom is 0.289 e. The molecule has 1 heterocycles. The van der Waals surface area contributed by atoms with Gasteiger partial charge in [-0.3, -0.25) is 4.79 Å². The number of aryl methyl sites for hydroxylation is 2. The van der Waals surface area contributed by atoms with E-state index in [0.717, 1.165) is 0 Å². The van der Waals surface area contributed by atoms with Crippen LogP contribution in [0, 0.1) is 25.2 Å². The molecule has 0 spiro atoms. The lowest BCUT2D eigenvalue weighted by atomic mass is 10.1. The molecule has 0 radical (unpaired) electrons. The molecule has 0 atom stereocenters. The van der Waals surface area contributed by atoms with Crippen LogP contribution in [0.4, 0.5) is 0 Å². The van der Waals surface area contributed by atoms with Crippen molar-refractivity contribution < 1.29 is 14.2 Å². The first-order valence-corrected chi connectivity index (χ1v) is 7.44. The first kappa shape index (κ1) is 18.1. The maximum absolute atomic E-state index is 12.4. The molecule has 0 amide bonds. The molecule has 0 aliphatic rings. The summed E-state index contributed by atoms with van der Waals surface area (Å²) in [5, 5.41) is 13.3. The molecule has 0 unspecified atom stereocenters. The van der Waals surface area contributed by atoms with Gasteiger partial charge < -0.3 is 14.2 Å². The van der Waals surface area contributed by atoms with Gasteiger partial charge in [-0.05, 0) is 37.6 Å². The number of nitrogens with zero attached hydrogens (tertiary/aromatic N) is 3. The van der Waals surface area contributed by atoms with E-state index < -0.39 is 5.56 Å². The van der Waals surface area contributed by atoms with Crippen LogP contribution in [0.2, 0.25) is 0 Å². The zero-order valence-corrected chi connectivity index (χ0v) is 14.8. The summed E-state index contributed by atoms with van der Waals surface area (Å²) in [7, 11) is 4.56. The van der Waals surface area contributed by atoms with Gasteiger partial charge in [0.15, 0.2) is 11.5 Å². The van der Waals surface area contributed by atoms with Crippen molar-refractivity contribution in [1.82, 2.24) is 4.68 Å². The highest BCUT2D eigenvalue weighted by atomic mass is 16.5. The molecule has 2 rings (SSSR count). The number of nitriles is 1. The lowest BCUT2D eigenvalue weighted by molar-refractivity contribution is 0.324. The first-order chi connectivity index (χ1) is 12.0. The van der Waals surface area contributed by atoms with Crippen LogP contribution in [0.5, 0.6) is 17.2 Å². The normalized spacial score (nSPS) is 10.6. The Morgan fingerprint density at radius 1 is 1.08 bits per heavy atom. The van der Waals surface area contributed by atoms with E-state index in [0.29, 0.717) is 34.1 Å². The second-order valence-corrected chi connectivity index (χ2v) is 5.28. The van der Waals surface area contributed by atoms with Crippen LogP contribution < -0.4 is 19.8 Å². The summed E-state index contributed by atoms with van der Waals surface area (Å²) in [6, 6.07) is 7.09. The smallest absolute Gasteiger partial charge is 0.289 e. The van der Waals surface area contributed by atoms with Crippen molar-refractivity contribution in [3.63, 3.8) is 0 Å². The van der Waals surface area contributed by atoms with Crippen LogP contribution in [-0.2, 0) is 0 Å². The molecule has 7 heteroatoms. The summed E-state index contributed by atoms with van der Waals surface area (Å²) in [6.07, 6.45) is 1.50. The average Bonchev–Trinajstić information content (AvgIpc) is 2.60. The van der Waals surface area contributed by atoms with Crippen molar-refractivity contribution in [2.75, 3.05) is 21.3 Å². The summed E-state index contributed by atoms with van der Waals surface area (Å²) < 4.78 is 17.0. The third kappa shape index (κ3) is 3.48. The SMILES string of the molecule is COc1cc(/C=N\n2c(C)cc(C)c(C#N)c2=O)cc(OC)c1OC. The van der Waals surface area contributed by atoms with Crippen molar-refractivity contribution >= 4 is 6.21 Å². The molecule has 25 heavy (non-hydrogen) atoms. The standard InChI is InChI=1S/C18H19N3O4/c1-11-6-12(2)21(18(22)14(11)9-19)20-10-13-7-15(23-3)17(25-5)16(8-13)24-4/h6-8,10H,1-5H3/b20-10-. The molecule has 0 bridgehead atoms. The molecule has 0 aliphatic heterocycles. The minimum atomic E-state index is -0.455. The predicted octanol–water partition coefficient (Wildman–Crippen LogP) is 2.24. The summed E-state index contributed by atoms with van der Waals surface area (Å²) in [4.78, 5) is 12.4. The largest absolute Gasteiger partial charge is 0.493 e. The number of ether oxygens (including phenoxy) is 3. The molecule has 0 saturated carbocycles. The van der Waals surface area contributed by atoms with Crippen LogP contribution in [0.15, 0.2) is 28.1 Å². The molecular formula is C18H19N3O4. The van der Waals surface area contributed by atoms with Gasteiger partial charge in [-0.2, -0.15) is 10.4 Å². The Kier molecular flexibility index (Phi) is 5.45. The minimum absolute atomic E-state index is 0.0765. The maximum atomic E-state index is 12.4. The van der Waals surface area contributed by atoms with E-state index >= 15 is 0 Å². The zero-order chi connectivity index (χ0) is 18.6. The third-order valence-corrected chi connectivity index (χ3v) is 3.68. The Hall–Kier alpha value is -3.27. The van der Waals surface area contributed by atoms with Crippen molar-refractivity contribution in [3.05, 3.63) is 50.9 Å². The van der Waals surface area contributed by atoms with Crippen LogP contribution in [0.1, 0.15) is 22.4 Å². The fraction of sp³-hybridized carbons (Fsp3) is 0.278. The van der Waals surface area contributed by atoms with Crippen LogP contribution in [0.3, 0.4) is 0 Å². The van der Waals surface area contributed by atoms with E-state index in [1.165, 1.54) is 32.2 Å². The molecule has 1 aromatic carbocycles. The minimum Gasteiger partial charge on any atom is -0.493 e. The van der Waals surface area contributed by atoms with Crippen molar-refractivity contribution in [2.24, 2.45) is 5.10 Å². The number of aromatic nitrogens is 1. The third-order valence-electron chi connectivity index (χ3n) is 3.68. The summed E-state index contributed by atoms with van der Waals surface area (Å²) in [5.74, 6) is 1.43. The monoisotopic (exact) mass is 341 g/mol. The fourth-order valence-electron chi connectivity index (χ4n) is 2.46. The van der Waals surface area contributed by atoms with Gasteiger partial charge in [-0.1, -0.05) is 0 Å². The highest BCUT2D eigenvalue weighted by molar-refractivity contribution is 5.82. The van der Waals surface area contributed by atoms with Gasteiger partial charge in [0.2, 0.25) is 5.75 Å². The van der Waals surface area contributed by atoms with E-state index in [1.807, 2.05) is 6.07 Å². The molecule has 0 N–H and O–H groups in total. The highest BCUT2D eigenvalue weighted by Crippen LogP contribution is 2.37. The van der Waals surface area contributed by atoms with E-state index in [-0.39, 0.29) is 5.56 Å². The quantitative estimate of drug-likeness (QED) is 0.779. The summed E-state index contributed by atoms with van der Waals surface area (Å²) >= 11 is 0. The van der Waals surface area contributed by atoms with E-state index in [2.05, 4.69) is 5.10 Å². The Labute approximate surface area is 145 Å². The first-order valence-electron chi connectivity index (χ1n) is 7.44. The predicted molar refractivity (Wildman–Crippen MR) is 94.0 cm³/mol. The molecule has 130 valence electrons. The number of hydrogen-bond donors (Lipinski definition) is 0. The van der Waals surface area contributed by atoms with Gasteiger partial charge in [-0.25, -0.2) is 4.68 Å². The number of rotatable bonds is 5. The highest BCUT2D eigenvalue weighted by Gasteiger charge is 2.13. The molecule has 0 aliphatic carbocycles. The lowest BCUT2D eigenvalue weighted by Crippen LogP contribution is -2.22. The Bertz CT molecular complexity index is 898. The molecule has 1 aromatic heterocycles. The lowest BCUT2D eigenvalue weighted by Gasteiger charge is -2.12. The topological polar surface area (TPSA) is 85.8 Å². The van der Waals surface area contributed by atoms with Gasteiger partial charge in [0.25, 0.3) is 5.56 Å². The summed E-state index contributed by atoms with van der Waals surface area (Å²) in [5.41, 5.74) is 1.53. The van der Waals surface area contributed by atoms with Crippen molar-refractivity contribution in [2.45, 2.75) is 13.8 Å². The average molecular weight is 341 g/mol. The van der Waals surface area contributed by atoms with E-state index in [4.69, 9.17) is 19.5 Å². The van der Waals surface area contributed by atoms with Gasteiger partial charge >= 0.3 is 0 Å². The van der Waals surface area contributed by atoms with Crippen LogP contribution in [0.25, 0.3) is 0 Å². The van der Waals surface area contributed by atoms with Gasteiger partial charge in [0, 0.05) is 11.3 Å². The number of benzene rings is 1. The van der Waals surface area contributed by atoms with Gasteiger partial charge in [-0.15, -0.1) is 0 Å². The van der Waals surface area contributed by atoms with Gasteiger partial charge in [0.1, 0.15) is 11.6 Å². The number of hydrogen-bond acceptors (Lipinski definition) is 6. The van der Waals surface area contributed by atoms with E-state index in [1.54, 1.807) is 32.0 Å². The molecule has 7 nitrogen and oxygen atoms in total. The Balaban J connectivity index is 2.54. The molecule has 2 aromatic rings. The van der Waals surface area contributed by atoms with Crippen molar-refractivity contribution in [3.8, 4) is 23.3 Å². The number of methoxy groups -OCH3 is 3. The molecule has 0 fully saturated rings. The fourth-order valence-corrected chi connectivity index (χ4v) is 2.46. The molecular weight excluding hydrogens is 322 g/mol. The van der Waals surface area contributed by atoms with Crippen LogP contribution in [-0.4, -0.2) is 32.2 Å². The van der Waals surface area contributed by atoms with Crippen molar-refractivity contribution in [1.29, 1.82) is 5.26 Å². The summed E-state index contributed by atoms with van der Waals surface area (Å²) in [6.45, 7) is 3.47. The molecule has 0 saturated heterocycles. The zero-order valence-electron chi connectivity index (χ0n) is 14.8. The Morgan fingerprint density at radius 3 is 2.16 bits per heavy atom. The number of pyridine rings is 1. The Morgan fingerprint density at radius 2 is 1.68 bits per heavy atom. The second kappa shape index (κ2) is 7.53.